The lowest BCUT2D eigenvalue weighted by atomic mass is 9.99. The van der Waals surface area contributed by atoms with Gasteiger partial charge < -0.3 is 14.5 Å². The molecule has 1 N–H and O–H groups in total. The molecule has 5 rings (SSSR count). The minimum Gasteiger partial charge on any atom is -0.496 e. The van der Waals surface area contributed by atoms with Gasteiger partial charge in [-0.1, -0.05) is 30.3 Å². The second kappa shape index (κ2) is 8.56. The van der Waals surface area contributed by atoms with Crippen LogP contribution in [0.25, 0.3) is 37.9 Å². The first-order chi connectivity index (χ1) is 16.0. The molecule has 2 aromatic heterocycles. The van der Waals surface area contributed by atoms with Gasteiger partial charge in [0.25, 0.3) is 0 Å². The van der Waals surface area contributed by atoms with E-state index in [0.717, 1.165) is 48.5 Å². The Kier molecular flexibility index (Phi) is 5.44. The maximum Gasteiger partial charge on any atom is 0.248 e. The van der Waals surface area contributed by atoms with Gasteiger partial charge in [0.05, 0.1) is 28.6 Å². The maximum absolute atomic E-state index is 12.8. The lowest BCUT2D eigenvalue weighted by Gasteiger charge is -2.10. The Bertz CT molecular complexity index is 1510. The fourth-order valence-corrected chi connectivity index (χ4v) is 4.75. The van der Waals surface area contributed by atoms with Crippen LogP contribution in [0.15, 0.2) is 77.4 Å². The quantitative estimate of drug-likeness (QED) is 0.289. The van der Waals surface area contributed by atoms with E-state index in [9.17, 15) is 4.79 Å². The van der Waals surface area contributed by atoms with Crippen molar-refractivity contribution in [1.29, 1.82) is 0 Å². The molecule has 0 aliphatic heterocycles. The maximum atomic E-state index is 12.8. The number of methoxy groups -OCH3 is 1. The number of ether oxygens (including phenoxy) is 1. The Labute approximate surface area is 195 Å². The fraction of sp³-hybridized carbons (Fsp3) is 0.111. The number of rotatable bonds is 5. The van der Waals surface area contributed by atoms with Crippen LogP contribution in [0, 0.1) is 6.92 Å². The number of nitrogens with zero attached hydrogens (tertiary/aromatic N) is 1. The Hall–Kier alpha value is -3.90. The minimum absolute atomic E-state index is 0.212. The molecule has 0 saturated heterocycles. The number of thiazole rings is 1. The lowest BCUT2D eigenvalue weighted by molar-refractivity contribution is -0.111. The summed E-state index contributed by atoms with van der Waals surface area (Å²) in [6, 6.07) is 19.7. The van der Waals surface area contributed by atoms with E-state index in [0.29, 0.717) is 11.4 Å². The summed E-state index contributed by atoms with van der Waals surface area (Å²) < 4.78 is 12.5. The lowest BCUT2D eigenvalue weighted by Crippen LogP contribution is -2.08. The number of nitrogens with one attached hydrogen (secondary N) is 1. The first-order valence-electron chi connectivity index (χ1n) is 10.5. The molecule has 1 amide bonds. The molecule has 0 bridgehead atoms. The summed E-state index contributed by atoms with van der Waals surface area (Å²) >= 11 is 1.64. The van der Waals surface area contributed by atoms with Gasteiger partial charge in [0.15, 0.2) is 0 Å². The summed E-state index contributed by atoms with van der Waals surface area (Å²) in [5, 5.41) is 4.91. The van der Waals surface area contributed by atoms with Crippen molar-refractivity contribution in [2.45, 2.75) is 13.8 Å². The van der Waals surface area contributed by atoms with Gasteiger partial charge >= 0.3 is 0 Å². The van der Waals surface area contributed by atoms with Gasteiger partial charge in [-0.2, -0.15) is 0 Å². The summed E-state index contributed by atoms with van der Waals surface area (Å²) in [7, 11) is 1.62. The van der Waals surface area contributed by atoms with Gasteiger partial charge in [-0.05, 0) is 49.2 Å². The van der Waals surface area contributed by atoms with Crippen molar-refractivity contribution < 1.29 is 13.9 Å². The average molecular weight is 455 g/mol. The van der Waals surface area contributed by atoms with Crippen LogP contribution in [0.2, 0.25) is 0 Å². The molecule has 5 nitrogen and oxygen atoms in total. The molecule has 0 saturated carbocycles. The van der Waals surface area contributed by atoms with Crippen LogP contribution in [0.4, 0.5) is 5.69 Å². The predicted octanol–water partition coefficient (Wildman–Crippen LogP) is 7.07. The second-order valence-electron chi connectivity index (χ2n) is 7.80. The Balaban J connectivity index is 1.47. The van der Waals surface area contributed by atoms with Crippen molar-refractivity contribution in [1.82, 2.24) is 4.98 Å². The standard InChI is InChI=1S/C27H22N2O3S/c1-16(11-27(30)29-19-9-10-26-23(12-19)28-17(2)33-26)20-13-21-22(18-7-5-4-6-8-18)15-32-25(21)14-24(20)31-3/h4-15H,1-3H3,(H,29,30)/b16-11+. The Morgan fingerprint density at radius 1 is 1.12 bits per heavy atom. The monoisotopic (exact) mass is 454 g/mol. The van der Waals surface area contributed by atoms with Gasteiger partial charge in [-0.25, -0.2) is 4.98 Å². The highest BCUT2D eigenvalue weighted by Gasteiger charge is 2.15. The van der Waals surface area contributed by atoms with E-state index in [-0.39, 0.29) is 5.91 Å². The number of hydrogen-bond donors (Lipinski definition) is 1. The molecule has 3 aromatic carbocycles. The zero-order valence-electron chi connectivity index (χ0n) is 18.5. The van der Waals surface area contributed by atoms with Crippen molar-refractivity contribution >= 4 is 49.7 Å². The molecule has 0 fully saturated rings. The van der Waals surface area contributed by atoms with E-state index in [1.807, 2.05) is 74.5 Å². The molecule has 5 aromatic rings. The van der Waals surface area contributed by atoms with E-state index in [1.165, 1.54) is 0 Å². The number of hydrogen-bond acceptors (Lipinski definition) is 5. The highest BCUT2D eigenvalue weighted by molar-refractivity contribution is 7.18. The van der Waals surface area contributed by atoms with E-state index in [4.69, 9.17) is 9.15 Å². The highest BCUT2D eigenvalue weighted by atomic mass is 32.1. The number of anilines is 1. The van der Waals surface area contributed by atoms with E-state index >= 15 is 0 Å². The van der Waals surface area contributed by atoms with Gasteiger partial charge in [0, 0.05) is 34.3 Å². The molecule has 0 aliphatic rings. The Morgan fingerprint density at radius 3 is 2.73 bits per heavy atom. The van der Waals surface area contributed by atoms with Crippen LogP contribution in [0.1, 0.15) is 17.5 Å². The van der Waals surface area contributed by atoms with Crippen molar-refractivity contribution in [3.05, 3.63) is 83.6 Å². The highest BCUT2D eigenvalue weighted by Crippen LogP contribution is 2.37. The SMILES string of the molecule is COc1cc2occ(-c3ccccc3)c2cc1/C(C)=C/C(=O)Nc1ccc2sc(C)nc2c1. The molecule has 0 unspecified atom stereocenters. The molecule has 6 heteroatoms. The molecule has 2 heterocycles. The molecule has 164 valence electrons. The van der Waals surface area contributed by atoms with Crippen molar-refractivity contribution in [3.63, 3.8) is 0 Å². The molecule has 0 atom stereocenters. The van der Waals surface area contributed by atoms with Crippen molar-refractivity contribution in [2.24, 2.45) is 0 Å². The smallest absolute Gasteiger partial charge is 0.248 e. The summed E-state index contributed by atoms with van der Waals surface area (Å²) in [4.78, 5) is 17.3. The van der Waals surface area contributed by atoms with Crippen LogP contribution in [0.3, 0.4) is 0 Å². The van der Waals surface area contributed by atoms with Crippen LogP contribution in [-0.2, 0) is 4.79 Å². The number of fused-ring (bicyclic) bond motifs is 2. The zero-order chi connectivity index (χ0) is 22.9. The number of aryl methyl sites for hydroxylation is 1. The minimum atomic E-state index is -0.212. The van der Waals surface area contributed by atoms with Crippen LogP contribution in [0.5, 0.6) is 5.75 Å². The summed E-state index contributed by atoms with van der Waals surface area (Å²) in [6.07, 6.45) is 3.34. The summed E-state index contributed by atoms with van der Waals surface area (Å²) in [5.41, 5.74) is 6.03. The summed E-state index contributed by atoms with van der Waals surface area (Å²) in [6.45, 7) is 3.88. The second-order valence-corrected chi connectivity index (χ2v) is 9.03. The van der Waals surface area contributed by atoms with Crippen molar-refractivity contribution in [3.8, 4) is 16.9 Å². The number of carbonyl (C=O) groups excluding carboxylic acids is 1. The predicted molar refractivity (Wildman–Crippen MR) is 135 cm³/mol. The zero-order valence-corrected chi connectivity index (χ0v) is 19.3. The molecule has 0 spiro atoms. The number of carbonyl (C=O) groups is 1. The largest absolute Gasteiger partial charge is 0.496 e. The van der Waals surface area contributed by atoms with E-state index < -0.39 is 0 Å². The molecule has 0 aliphatic carbocycles. The first-order valence-corrected chi connectivity index (χ1v) is 11.3. The number of aromatic nitrogens is 1. The van der Waals surface area contributed by atoms with Gasteiger partial charge in [-0.15, -0.1) is 11.3 Å². The van der Waals surface area contributed by atoms with Gasteiger partial charge in [0.1, 0.15) is 11.3 Å². The summed E-state index contributed by atoms with van der Waals surface area (Å²) in [5.74, 6) is 0.439. The van der Waals surface area contributed by atoms with Gasteiger partial charge in [0.2, 0.25) is 5.91 Å². The third-order valence-electron chi connectivity index (χ3n) is 5.51. The van der Waals surface area contributed by atoms with Crippen LogP contribution in [-0.4, -0.2) is 18.0 Å². The van der Waals surface area contributed by atoms with Crippen molar-refractivity contribution in [2.75, 3.05) is 12.4 Å². The molecule has 33 heavy (non-hydrogen) atoms. The number of allylic oxidation sites excluding steroid dienone is 1. The number of amides is 1. The first kappa shape index (κ1) is 21.0. The fourth-order valence-electron chi connectivity index (χ4n) is 3.95. The van der Waals surface area contributed by atoms with E-state index in [1.54, 1.807) is 30.8 Å². The molecular formula is C27H22N2O3S. The van der Waals surface area contributed by atoms with Crippen LogP contribution >= 0.6 is 11.3 Å². The third-order valence-corrected chi connectivity index (χ3v) is 6.47. The normalized spacial score (nSPS) is 11.8. The molecule has 0 radical (unpaired) electrons. The van der Waals surface area contributed by atoms with Gasteiger partial charge in [-0.3, -0.25) is 4.79 Å². The topological polar surface area (TPSA) is 64.4 Å². The third kappa shape index (κ3) is 4.13. The van der Waals surface area contributed by atoms with Crippen LogP contribution < -0.4 is 10.1 Å². The molecular weight excluding hydrogens is 432 g/mol. The number of furan rings is 1. The van der Waals surface area contributed by atoms with E-state index in [2.05, 4.69) is 10.3 Å². The Morgan fingerprint density at radius 2 is 1.94 bits per heavy atom. The average Bonchev–Trinajstić information content (AvgIpc) is 3.40. The number of benzene rings is 3.